The monoisotopic (exact) mass is 174 g/mol. The number of methoxy groups -OCH3 is 1. The van der Waals surface area contributed by atoms with E-state index in [0.717, 1.165) is 24.3 Å². The molecule has 0 bridgehead atoms. The molecule has 0 spiro atoms. The number of hydrogen-bond acceptors (Lipinski definition) is 2. The molecule has 0 atom stereocenters. The Morgan fingerprint density at radius 3 is 1.58 bits per heavy atom. The number of benzene rings is 1. The van der Waals surface area contributed by atoms with Gasteiger partial charge in [-0.15, -0.1) is 0 Å². The van der Waals surface area contributed by atoms with E-state index >= 15 is 0 Å². The first-order valence-corrected chi connectivity index (χ1v) is 3.08. The lowest BCUT2D eigenvalue weighted by molar-refractivity contribution is -0.126. The summed E-state index contributed by atoms with van der Waals surface area (Å²) in [4.78, 5) is 8.95. The van der Waals surface area contributed by atoms with Crippen LogP contribution in [0.4, 0.5) is 8.78 Å². The summed E-state index contributed by atoms with van der Waals surface area (Å²) >= 11 is 0. The molecular weight excluding hydrogens is 166 g/mol. The molecule has 0 radical (unpaired) electrons. The van der Waals surface area contributed by atoms with Crippen LogP contribution in [-0.2, 0) is 9.53 Å². The lowest BCUT2D eigenvalue weighted by atomic mass is 10.3. The van der Waals surface area contributed by atoms with Crippen molar-refractivity contribution in [2.24, 2.45) is 0 Å². The molecule has 2 nitrogen and oxygen atoms in total. The number of carbonyl (C=O) groups is 1. The fraction of sp³-hybridized carbons (Fsp3) is 0.125. The molecule has 12 heavy (non-hydrogen) atoms. The maximum absolute atomic E-state index is 11.9. The van der Waals surface area contributed by atoms with Crippen LogP contribution in [0, 0.1) is 11.6 Å². The van der Waals surface area contributed by atoms with Crippen LogP contribution in [0.2, 0.25) is 0 Å². The van der Waals surface area contributed by atoms with E-state index in [1.54, 1.807) is 0 Å². The molecule has 1 aromatic carbocycles. The minimum Gasteiger partial charge on any atom is -0.471 e. The molecule has 66 valence electrons. The van der Waals surface area contributed by atoms with Gasteiger partial charge in [0.15, 0.2) is 0 Å². The summed E-state index contributed by atoms with van der Waals surface area (Å²) < 4.78 is 27.7. The van der Waals surface area contributed by atoms with E-state index in [4.69, 9.17) is 4.79 Å². The normalized spacial score (nSPS) is 7.92. The highest BCUT2D eigenvalue weighted by Gasteiger charge is 1.86. The molecule has 4 heteroatoms. The molecule has 0 aromatic heterocycles. The molecule has 0 aliphatic carbocycles. The van der Waals surface area contributed by atoms with E-state index in [2.05, 4.69) is 4.74 Å². The van der Waals surface area contributed by atoms with Crippen molar-refractivity contribution in [3.05, 3.63) is 35.9 Å². The molecule has 0 saturated carbocycles. The zero-order valence-electron chi connectivity index (χ0n) is 6.46. The maximum atomic E-state index is 11.9. The molecule has 0 unspecified atom stereocenters. The minimum atomic E-state index is -0.411. The van der Waals surface area contributed by atoms with Crippen LogP contribution < -0.4 is 0 Å². The lowest BCUT2D eigenvalue weighted by Gasteiger charge is -1.83. The van der Waals surface area contributed by atoms with Gasteiger partial charge in [0.1, 0.15) is 11.6 Å². The largest absolute Gasteiger partial charge is 0.471 e. The summed E-state index contributed by atoms with van der Waals surface area (Å²) in [5.74, 6) is -0.821. The first-order valence-electron chi connectivity index (χ1n) is 3.08. The standard InChI is InChI=1S/C6H4F2.C2H4O2/c7-5-1-2-6(8)4-3-5;1-4-2-3/h1-4H;2H,1H3. The van der Waals surface area contributed by atoms with Crippen molar-refractivity contribution in [2.45, 2.75) is 0 Å². The van der Waals surface area contributed by atoms with Crippen molar-refractivity contribution in [1.29, 1.82) is 0 Å². The van der Waals surface area contributed by atoms with E-state index in [-0.39, 0.29) is 0 Å². The smallest absolute Gasteiger partial charge is 0.292 e. The third-order valence-electron chi connectivity index (χ3n) is 0.900. The van der Waals surface area contributed by atoms with E-state index in [1.807, 2.05) is 0 Å². The van der Waals surface area contributed by atoms with Gasteiger partial charge in [-0.25, -0.2) is 8.78 Å². The van der Waals surface area contributed by atoms with Crippen molar-refractivity contribution in [2.75, 3.05) is 7.11 Å². The molecule has 0 saturated heterocycles. The first-order chi connectivity index (χ1) is 5.70. The zero-order valence-corrected chi connectivity index (χ0v) is 6.46. The van der Waals surface area contributed by atoms with Gasteiger partial charge in [-0.1, -0.05) is 0 Å². The third kappa shape index (κ3) is 5.34. The number of halogens is 2. The van der Waals surface area contributed by atoms with Gasteiger partial charge in [-0.05, 0) is 24.3 Å². The van der Waals surface area contributed by atoms with Crippen molar-refractivity contribution in [3.63, 3.8) is 0 Å². The van der Waals surface area contributed by atoms with E-state index in [0.29, 0.717) is 6.47 Å². The van der Waals surface area contributed by atoms with E-state index in [9.17, 15) is 8.78 Å². The second kappa shape index (κ2) is 6.27. The number of hydrogen-bond donors (Lipinski definition) is 0. The van der Waals surface area contributed by atoms with Crippen molar-refractivity contribution in [3.8, 4) is 0 Å². The second-order valence-electron chi connectivity index (χ2n) is 1.77. The lowest BCUT2D eigenvalue weighted by Crippen LogP contribution is -1.72. The SMILES string of the molecule is COC=O.Fc1ccc(F)cc1. The van der Waals surface area contributed by atoms with Crippen LogP contribution >= 0.6 is 0 Å². The second-order valence-corrected chi connectivity index (χ2v) is 1.77. The van der Waals surface area contributed by atoms with Crippen molar-refractivity contribution < 1.29 is 18.3 Å². The van der Waals surface area contributed by atoms with E-state index in [1.165, 1.54) is 7.11 Å². The van der Waals surface area contributed by atoms with E-state index < -0.39 is 11.6 Å². The van der Waals surface area contributed by atoms with Gasteiger partial charge in [0, 0.05) is 0 Å². The molecule has 1 rings (SSSR count). The Kier molecular flexibility index (Phi) is 5.51. The predicted octanol–water partition coefficient (Wildman–Crippen LogP) is 1.75. The summed E-state index contributed by atoms with van der Waals surface area (Å²) in [6.07, 6.45) is 0. The quantitative estimate of drug-likeness (QED) is 0.606. The number of carbonyl (C=O) groups excluding carboxylic acids is 1. The summed E-state index contributed by atoms with van der Waals surface area (Å²) in [6.45, 7) is 0.375. The minimum absolute atomic E-state index is 0.375. The van der Waals surface area contributed by atoms with Gasteiger partial charge in [0.05, 0.1) is 7.11 Å². The summed E-state index contributed by atoms with van der Waals surface area (Å²) in [5, 5.41) is 0. The molecule has 0 fully saturated rings. The fourth-order valence-corrected chi connectivity index (χ4v) is 0.430. The Bertz CT molecular complexity index is 200. The Morgan fingerprint density at radius 1 is 1.17 bits per heavy atom. The van der Waals surface area contributed by atoms with Crippen molar-refractivity contribution in [1.82, 2.24) is 0 Å². The van der Waals surface area contributed by atoms with Crippen LogP contribution in [0.1, 0.15) is 0 Å². The third-order valence-corrected chi connectivity index (χ3v) is 0.900. The highest BCUT2D eigenvalue weighted by atomic mass is 19.1. The Labute approximate surface area is 68.8 Å². The summed E-state index contributed by atoms with van der Waals surface area (Å²) in [5.41, 5.74) is 0. The van der Waals surface area contributed by atoms with Crippen molar-refractivity contribution >= 4 is 6.47 Å². The van der Waals surface area contributed by atoms with Gasteiger partial charge in [0.25, 0.3) is 6.47 Å². The van der Waals surface area contributed by atoms with Crippen LogP contribution in [0.3, 0.4) is 0 Å². The molecule has 0 aliphatic heterocycles. The maximum Gasteiger partial charge on any atom is 0.292 e. The highest BCUT2D eigenvalue weighted by Crippen LogP contribution is 1.98. The Morgan fingerprint density at radius 2 is 1.42 bits per heavy atom. The number of ether oxygens (including phenoxy) is 1. The first kappa shape index (κ1) is 10.6. The zero-order chi connectivity index (χ0) is 9.40. The summed E-state index contributed by atoms with van der Waals surface area (Å²) in [6, 6.07) is 4.31. The van der Waals surface area contributed by atoms with Crippen LogP contribution in [0.15, 0.2) is 24.3 Å². The topological polar surface area (TPSA) is 26.3 Å². The van der Waals surface area contributed by atoms with Gasteiger partial charge < -0.3 is 4.74 Å². The van der Waals surface area contributed by atoms with Crippen LogP contribution in [-0.4, -0.2) is 13.6 Å². The Hall–Kier alpha value is -1.45. The predicted molar refractivity (Wildman–Crippen MR) is 39.4 cm³/mol. The van der Waals surface area contributed by atoms with Crippen LogP contribution in [0.25, 0.3) is 0 Å². The summed E-state index contributed by atoms with van der Waals surface area (Å²) in [7, 11) is 1.31. The average Bonchev–Trinajstić information content (AvgIpc) is 2.11. The molecule has 0 amide bonds. The number of rotatable bonds is 1. The average molecular weight is 174 g/mol. The molecule has 0 heterocycles. The molecular formula is C8H8F2O2. The highest BCUT2D eigenvalue weighted by molar-refractivity contribution is 5.36. The molecule has 0 aliphatic rings. The van der Waals surface area contributed by atoms with Gasteiger partial charge in [0.2, 0.25) is 0 Å². The van der Waals surface area contributed by atoms with Gasteiger partial charge in [-0.2, -0.15) is 0 Å². The van der Waals surface area contributed by atoms with Crippen LogP contribution in [0.5, 0.6) is 0 Å². The fourth-order valence-electron chi connectivity index (χ4n) is 0.430. The molecule has 1 aromatic rings. The van der Waals surface area contributed by atoms with Gasteiger partial charge >= 0.3 is 0 Å². The Balaban J connectivity index is 0.000000261. The van der Waals surface area contributed by atoms with Gasteiger partial charge in [-0.3, -0.25) is 4.79 Å². The molecule has 0 N–H and O–H groups in total.